The molecule has 1 heterocycles. The molecule has 1 aliphatic rings. The van der Waals surface area contributed by atoms with Gasteiger partial charge in [0.15, 0.2) is 0 Å². The van der Waals surface area contributed by atoms with E-state index >= 15 is 0 Å². The summed E-state index contributed by atoms with van der Waals surface area (Å²) in [6.07, 6.45) is 2.82. The Kier molecular flexibility index (Phi) is 4.74. The summed E-state index contributed by atoms with van der Waals surface area (Å²) in [5.74, 6) is 0. The zero-order valence-corrected chi connectivity index (χ0v) is 13.3. The maximum Gasteiger partial charge on any atom is 0.243 e. The van der Waals surface area contributed by atoms with E-state index in [9.17, 15) is 8.42 Å². The average molecular weight is 318 g/mol. The Bertz CT molecular complexity index is 578. The van der Waals surface area contributed by atoms with Gasteiger partial charge in [-0.25, -0.2) is 8.42 Å². The molecule has 2 rings (SSSR count). The first-order valence-corrected chi connectivity index (χ1v) is 8.62. The summed E-state index contributed by atoms with van der Waals surface area (Å²) in [5.41, 5.74) is 0.533. The largest absolute Gasteiger partial charge is 0.392 e. The molecule has 20 heavy (non-hydrogen) atoms. The summed E-state index contributed by atoms with van der Waals surface area (Å²) in [7, 11) is -3.54. The fraction of sp³-hybridized carbons (Fsp3) is 0.571. The molecule has 1 aromatic rings. The van der Waals surface area contributed by atoms with Crippen molar-refractivity contribution in [2.45, 2.75) is 56.7 Å². The van der Waals surface area contributed by atoms with E-state index in [1.54, 1.807) is 10.4 Å². The van der Waals surface area contributed by atoms with Crippen molar-refractivity contribution in [2.75, 3.05) is 0 Å². The van der Waals surface area contributed by atoms with Crippen molar-refractivity contribution in [3.8, 4) is 0 Å². The summed E-state index contributed by atoms with van der Waals surface area (Å²) in [5, 5.41) is 9.38. The van der Waals surface area contributed by atoms with Crippen molar-refractivity contribution in [1.82, 2.24) is 4.31 Å². The normalized spacial score (nSPS) is 24.8. The highest BCUT2D eigenvalue weighted by Crippen LogP contribution is 2.31. The van der Waals surface area contributed by atoms with Gasteiger partial charge in [0, 0.05) is 17.1 Å². The number of halogens is 1. The molecule has 0 radical (unpaired) electrons. The number of benzene rings is 1. The number of piperidine rings is 1. The summed E-state index contributed by atoms with van der Waals surface area (Å²) in [6, 6.07) is 4.51. The Morgan fingerprint density at radius 1 is 1.30 bits per heavy atom. The predicted molar refractivity (Wildman–Crippen MR) is 79.2 cm³/mol. The molecule has 1 saturated heterocycles. The SMILES string of the molecule is C[C@@H]1CCC[C@H](C)N1S(=O)(=O)c1ccc(CO)c(Cl)c1. The molecule has 4 nitrogen and oxygen atoms in total. The molecule has 6 heteroatoms. The van der Waals surface area contributed by atoms with Gasteiger partial charge in [0.25, 0.3) is 0 Å². The Balaban J connectivity index is 2.41. The molecule has 0 bridgehead atoms. The van der Waals surface area contributed by atoms with Crippen LogP contribution in [0, 0.1) is 0 Å². The van der Waals surface area contributed by atoms with Crippen LogP contribution in [0.3, 0.4) is 0 Å². The van der Waals surface area contributed by atoms with E-state index in [1.165, 1.54) is 12.1 Å². The van der Waals surface area contributed by atoms with Crippen molar-refractivity contribution in [2.24, 2.45) is 0 Å². The molecule has 1 aliphatic heterocycles. The van der Waals surface area contributed by atoms with Gasteiger partial charge < -0.3 is 5.11 Å². The molecular weight excluding hydrogens is 298 g/mol. The topological polar surface area (TPSA) is 57.6 Å². The lowest BCUT2D eigenvalue weighted by molar-refractivity contribution is 0.204. The molecule has 2 atom stereocenters. The van der Waals surface area contributed by atoms with Crippen LogP contribution in [0.5, 0.6) is 0 Å². The van der Waals surface area contributed by atoms with Crippen LogP contribution in [0.4, 0.5) is 0 Å². The average Bonchev–Trinajstić information content (AvgIpc) is 2.38. The van der Waals surface area contributed by atoms with E-state index in [1.807, 2.05) is 13.8 Å². The molecule has 0 aliphatic carbocycles. The molecule has 0 unspecified atom stereocenters. The minimum absolute atomic E-state index is 0.0000406. The van der Waals surface area contributed by atoms with E-state index in [4.69, 9.17) is 16.7 Å². The highest BCUT2D eigenvalue weighted by molar-refractivity contribution is 7.89. The Morgan fingerprint density at radius 3 is 2.40 bits per heavy atom. The third kappa shape index (κ3) is 2.86. The van der Waals surface area contributed by atoms with Gasteiger partial charge in [-0.2, -0.15) is 4.31 Å². The molecule has 0 amide bonds. The highest BCUT2D eigenvalue weighted by Gasteiger charge is 2.35. The number of sulfonamides is 1. The predicted octanol–water partition coefficient (Wildman–Crippen LogP) is 2.78. The first kappa shape index (κ1) is 15.8. The first-order valence-electron chi connectivity index (χ1n) is 6.80. The van der Waals surface area contributed by atoms with Gasteiger partial charge in [0.2, 0.25) is 10.0 Å². The molecule has 112 valence electrons. The van der Waals surface area contributed by atoms with Crippen molar-refractivity contribution < 1.29 is 13.5 Å². The van der Waals surface area contributed by atoms with Gasteiger partial charge in [-0.15, -0.1) is 0 Å². The summed E-state index contributed by atoms with van der Waals surface area (Å²) < 4.78 is 27.1. The number of hydrogen-bond acceptors (Lipinski definition) is 3. The van der Waals surface area contributed by atoms with Gasteiger partial charge in [0.05, 0.1) is 11.5 Å². The molecule has 0 saturated carbocycles. The van der Waals surface area contributed by atoms with Gasteiger partial charge in [0.1, 0.15) is 0 Å². The monoisotopic (exact) mass is 317 g/mol. The van der Waals surface area contributed by atoms with Crippen molar-refractivity contribution in [3.05, 3.63) is 28.8 Å². The summed E-state index contributed by atoms with van der Waals surface area (Å²) in [6.45, 7) is 3.68. The Morgan fingerprint density at radius 2 is 1.90 bits per heavy atom. The first-order chi connectivity index (χ1) is 9.37. The highest BCUT2D eigenvalue weighted by atomic mass is 35.5. The van der Waals surface area contributed by atoms with E-state index in [0.717, 1.165) is 19.3 Å². The molecule has 1 aromatic carbocycles. The van der Waals surface area contributed by atoms with Crippen molar-refractivity contribution in [3.63, 3.8) is 0 Å². The molecule has 0 aromatic heterocycles. The van der Waals surface area contributed by atoms with Crippen molar-refractivity contribution >= 4 is 21.6 Å². The fourth-order valence-corrected chi connectivity index (χ4v) is 5.02. The van der Waals surface area contributed by atoms with Crippen LogP contribution in [0.2, 0.25) is 5.02 Å². The number of rotatable bonds is 3. The zero-order chi connectivity index (χ0) is 14.9. The third-order valence-corrected chi connectivity index (χ3v) is 6.36. The summed E-state index contributed by atoms with van der Waals surface area (Å²) in [4.78, 5) is 0.195. The Hall–Kier alpha value is -0.620. The number of nitrogens with zero attached hydrogens (tertiary/aromatic N) is 1. The third-order valence-electron chi connectivity index (χ3n) is 3.88. The molecule has 1 N–H and O–H groups in total. The fourth-order valence-electron chi connectivity index (χ4n) is 2.81. The lowest BCUT2D eigenvalue weighted by atomic mass is 10.0. The van der Waals surface area contributed by atoms with Crippen LogP contribution in [0.25, 0.3) is 0 Å². The van der Waals surface area contributed by atoms with Gasteiger partial charge in [-0.1, -0.05) is 24.1 Å². The van der Waals surface area contributed by atoms with Crippen LogP contribution in [-0.2, 0) is 16.6 Å². The second-order valence-corrected chi connectivity index (χ2v) is 7.63. The Labute approximate surface area is 125 Å². The smallest absolute Gasteiger partial charge is 0.243 e. The van der Waals surface area contributed by atoms with E-state index < -0.39 is 10.0 Å². The maximum atomic E-state index is 12.8. The lowest BCUT2D eigenvalue weighted by Crippen LogP contribution is -2.47. The minimum Gasteiger partial charge on any atom is -0.392 e. The van der Waals surface area contributed by atoms with Gasteiger partial charge >= 0.3 is 0 Å². The van der Waals surface area contributed by atoms with Crippen LogP contribution >= 0.6 is 11.6 Å². The van der Waals surface area contributed by atoms with Crippen LogP contribution in [-0.4, -0.2) is 29.9 Å². The van der Waals surface area contributed by atoms with Crippen LogP contribution in [0.1, 0.15) is 38.7 Å². The van der Waals surface area contributed by atoms with Crippen LogP contribution < -0.4 is 0 Å². The van der Waals surface area contributed by atoms with E-state index in [0.29, 0.717) is 5.56 Å². The molecule has 1 fully saturated rings. The molecular formula is C14H20ClNO3S. The van der Waals surface area contributed by atoms with Gasteiger partial charge in [-0.05, 0) is 44.4 Å². The van der Waals surface area contributed by atoms with Gasteiger partial charge in [-0.3, -0.25) is 0 Å². The second kappa shape index (κ2) is 6.02. The lowest BCUT2D eigenvalue weighted by Gasteiger charge is -2.37. The number of aliphatic hydroxyl groups excluding tert-OH is 1. The minimum atomic E-state index is -3.54. The van der Waals surface area contributed by atoms with Crippen LogP contribution in [0.15, 0.2) is 23.1 Å². The van der Waals surface area contributed by atoms with E-state index in [-0.39, 0.29) is 28.6 Å². The quantitative estimate of drug-likeness (QED) is 0.932. The second-order valence-electron chi connectivity index (χ2n) is 5.38. The standard InChI is InChI=1S/C14H20ClNO3S/c1-10-4-3-5-11(2)16(10)20(18,19)13-7-6-12(9-17)14(15)8-13/h6-8,10-11,17H,3-5,9H2,1-2H3/t10-,11+. The number of aliphatic hydroxyl groups is 1. The number of hydrogen-bond donors (Lipinski definition) is 1. The van der Waals surface area contributed by atoms with E-state index in [2.05, 4.69) is 0 Å². The maximum absolute atomic E-state index is 12.8. The van der Waals surface area contributed by atoms with Crippen molar-refractivity contribution in [1.29, 1.82) is 0 Å². The zero-order valence-electron chi connectivity index (χ0n) is 11.7. The summed E-state index contributed by atoms with van der Waals surface area (Å²) >= 11 is 6.00. The molecule has 0 spiro atoms.